The van der Waals surface area contributed by atoms with Crippen LogP contribution in [0.5, 0.6) is 0 Å². The number of hydrogen-bond donors (Lipinski definition) is 2. The lowest BCUT2D eigenvalue weighted by molar-refractivity contribution is 0.101. The summed E-state index contributed by atoms with van der Waals surface area (Å²) in [5.41, 5.74) is 4.82. The number of para-hydroxylation sites is 1. The summed E-state index contributed by atoms with van der Waals surface area (Å²) in [6.45, 7) is 2.74. The largest absolute Gasteiger partial charge is 0.361 e. The first kappa shape index (κ1) is 17.1. The van der Waals surface area contributed by atoms with Gasteiger partial charge in [0.25, 0.3) is 0 Å². The molecule has 0 saturated heterocycles. The number of nitrogens with one attached hydrogen (secondary N) is 2. The van der Waals surface area contributed by atoms with Crippen molar-refractivity contribution in [3.63, 3.8) is 0 Å². The predicted octanol–water partition coefficient (Wildman–Crippen LogP) is 4.69. The average molecular weight is 359 g/mol. The predicted molar refractivity (Wildman–Crippen MR) is 108 cm³/mol. The lowest BCUT2D eigenvalue weighted by Gasteiger charge is -2.26. The van der Waals surface area contributed by atoms with Crippen LogP contribution in [0.3, 0.4) is 0 Å². The lowest BCUT2D eigenvalue weighted by atomic mass is 9.99. The molecule has 1 aliphatic heterocycles. The van der Waals surface area contributed by atoms with Crippen LogP contribution >= 0.6 is 0 Å². The molecule has 136 valence electrons. The van der Waals surface area contributed by atoms with Crippen LogP contribution in [0, 0.1) is 0 Å². The molecule has 27 heavy (non-hydrogen) atoms. The summed E-state index contributed by atoms with van der Waals surface area (Å²) >= 11 is 0. The Morgan fingerprint density at radius 1 is 1.11 bits per heavy atom. The second kappa shape index (κ2) is 7.11. The molecule has 1 aromatic heterocycles. The number of aromatic nitrogens is 1. The fourth-order valence-corrected chi connectivity index (χ4v) is 3.45. The van der Waals surface area contributed by atoms with E-state index in [1.165, 1.54) is 23.4 Å². The van der Waals surface area contributed by atoms with Crippen LogP contribution < -0.4 is 5.32 Å². The number of fused-ring (bicyclic) bond motifs is 1. The third-order valence-electron chi connectivity index (χ3n) is 4.95. The number of urea groups is 1. The quantitative estimate of drug-likeness (QED) is 0.666. The Labute approximate surface area is 157 Å². The number of anilines is 1. The highest BCUT2D eigenvalue weighted by atomic mass is 16.2. The van der Waals surface area contributed by atoms with Crippen molar-refractivity contribution < 1.29 is 9.59 Å². The van der Waals surface area contributed by atoms with Crippen molar-refractivity contribution in [1.82, 2.24) is 9.88 Å². The van der Waals surface area contributed by atoms with Crippen molar-refractivity contribution in [3.05, 3.63) is 71.9 Å². The zero-order valence-electron chi connectivity index (χ0n) is 15.2. The molecule has 0 atom stereocenters. The van der Waals surface area contributed by atoms with Gasteiger partial charge in [0.2, 0.25) is 0 Å². The van der Waals surface area contributed by atoms with Gasteiger partial charge in [-0.15, -0.1) is 0 Å². The minimum Gasteiger partial charge on any atom is -0.361 e. The summed E-state index contributed by atoms with van der Waals surface area (Å²) in [4.78, 5) is 29.1. The Morgan fingerprint density at radius 3 is 2.74 bits per heavy atom. The van der Waals surface area contributed by atoms with E-state index < -0.39 is 0 Å². The van der Waals surface area contributed by atoms with E-state index in [1.54, 1.807) is 29.2 Å². The van der Waals surface area contributed by atoms with Crippen LogP contribution in [-0.4, -0.2) is 34.8 Å². The molecule has 2 N–H and O–H groups in total. The molecule has 0 spiro atoms. The highest BCUT2D eigenvalue weighted by Gasteiger charge is 2.19. The van der Waals surface area contributed by atoms with Gasteiger partial charge in [-0.3, -0.25) is 4.79 Å². The molecule has 0 aliphatic carbocycles. The number of benzene rings is 2. The summed E-state index contributed by atoms with van der Waals surface area (Å²) in [6.07, 6.45) is 4.97. The van der Waals surface area contributed by atoms with Crippen molar-refractivity contribution in [2.24, 2.45) is 0 Å². The molecular formula is C22H21N3O2. The van der Waals surface area contributed by atoms with Crippen molar-refractivity contribution >= 4 is 34.0 Å². The van der Waals surface area contributed by atoms with E-state index in [0.717, 1.165) is 11.9 Å². The van der Waals surface area contributed by atoms with E-state index in [9.17, 15) is 9.59 Å². The second-order valence-corrected chi connectivity index (χ2v) is 6.74. The van der Waals surface area contributed by atoms with Crippen LogP contribution in [-0.2, 0) is 0 Å². The number of ketones is 1. The van der Waals surface area contributed by atoms with Gasteiger partial charge in [-0.25, -0.2) is 4.79 Å². The van der Waals surface area contributed by atoms with Gasteiger partial charge in [-0.1, -0.05) is 36.4 Å². The third-order valence-corrected chi connectivity index (χ3v) is 4.95. The van der Waals surface area contributed by atoms with Crippen LogP contribution in [0.25, 0.3) is 16.5 Å². The normalized spacial score (nSPS) is 14.1. The fourth-order valence-electron chi connectivity index (χ4n) is 3.45. The van der Waals surface area contributed by atoms with Crippen LogP contribution in [0.1, 0.15) is 29.3 Å². The van der Waals surface area contributed by atoms with Gasteiger partial charge in [0.1, 0.15) is 0 Å². The first-order valence-corrected chi connectivity index (χ1v) is 9.04. The molecule has 0 fully saturated rings. The summed E-state index contributed by atoms with van der Waals surface area (Å²) in [6, 6.07) is 15.1. The molecule has 1 aliphatic rings. The van der Waals surface area contributed by atoms with Crippen molar-refractivity contribution in [3.8, 4) is 0 Å². The van der Waals surface area contributed by atoms with Crippen molar-refractivity contribution in [2.75, 3.05) is 18.4 Å². The minimum absolute atomic E-state index is 0.0182. The zero-order chi connectivity index (χ0) is 18.8. The maximum absolute atomic E-state index is 12.5. The summed E-state index contributed by atoms with van der Waals surface area (Å²) in [5, 5.41) is 4.10. The van der Waals surface area contributed by atoms with Crippen LogP contribution in [0.4, 0.5) is 10.5 Å². The third kappa shape index (κ3) is 3.49. The number of amides is 2. The Kier molecular flexibility index (Phi) is 4.50. The minimum atomic E-state index is -0.148. The summed E-state index contributed by atoms with van der Waals surface area (Å²) < 4.78 is 0. The Hall–Kier alpha value is -3.34. The number of aromatic amines is 1. The SMILES string of the molecule is CC(=O)c1cccc(NC(=O)N2CC=C(c3c[nH]c4ccccc34)CC2)c1. The van der Waals surface area contributed by atoms with Gasteiger partial charge in [0.15, 0.2) is 5.78 Å². The monoisotopic (exact) mass is 359 g/mol. The van der Waals surface area contributed by atoms with Gasteiger partial charge in [-0.2, -0.15) is 0 Å². The average Bonchev–Trinajstić information content (AvgIpc) is 3.12. The van der Waals surface area contributed by atoms with Crippen molar-refractivity contribution in [2.45, 2.75) is 13.3 Å². The van der Waals surface area contributed by atoms with Gasteiger partial charge in [-0.05, 0) is 37.1 Å². The van der Waals surface area contributed by atoms with E-state index in [2.05, 4.69) is 28.5 Å². The summed E-state index contributed by atoms with van der Waals surface area (Å²) in [7, 11) is 0. The molecule has 4 rings (SSSR count). The zero-order valence-corrected chi connectivity index (χ0v) is 15.2. The lowest BCUT2D eigenvalue weighted by Crippen LogP contribution is -2.37. The number of hydrogen-bond acceptors (Lipinski definition) is 2. The smallest absolute Gasteiger partial charge is 0.322 e. The van der Waals surface area contributed by atoms with E-state index in [0.29, 0.717) is 24.3 Å². The Balaban J connectivity index is 1.46. The molecule has 2 aromatic carbocycles. The molecular weight excluding hydrogens is 338 g/mol. The van der Waals surface area contributed by atoms with Crippen LogP contribution in [0.15, 0.2) is 60.8 Å². The number of carbonyl (C=O) groups excluding carboxylic acids is 2. The van der Waals surface area contributed by atoms with Gasteiger partial charge >= 0.3 is 6.03 Å². The molecule has 0 unspecified atom stereocenters. The molecule has 0 saturated carbocycles. The number of nitrogens with zero attached hydrogens (tertiary/aromatic N) is 1. The maximum atomic E-state index is 12.5. The Bertz CT molecular complexity index is 1050. The first-order chi connectivity index (χ1) is 13.1. The molecule has 3 aromatic rings. The van der Waals surface area contributed by atoms with Gasteiger partial charge in [0, 0.05) is 47.0 Å². The number of carbonyl (C=O) groups is 2. The number of H-pyrrole nitrogens is 1. The second-order valence-electron chi connectivity index (χ2n) is 6.74. The number of rotatable bonds is 3. The topological polar surface area (TPSA) is 65.2 Å². The van der Waals surface area contributed by atoms with Gasteiger partial charge in [0.05, 0.1) is 0 Å². The van der Waals surface area contributed by atoms with E-state index in [-0.39, 0.29) is 11.8 Å². The molecule has 2 amide bonds. The molecule has 2 heterocycles. The maximum Gasteiger partial charge on any atom is 0.322 e. The molecule has 0 bridgehead atoms. The number of Topliss-reactive ketones (excluding diaryl/α,β-unsaturated/α-hetero) is 1. The molecule has 5 heteroatoms. The van der Waals surface area contributed by atoms with Crippen molar-refractivity contribution in [1.29, 1.82) is 0 Å². The van der Waals surface area contributed by atoms with E-state index in [4.69, 9.17) is 0 Å². The highest BCUT2D eigenvalue weighted by Crippen LogP contribution is 2.29. The highest BCUT2D eigenvalue weighted by molar-refractivity contribution is 5.97. The standard InChI is InChI=1S/C22H21N3O2/c1-15(26)17-5-4-6-18(13-17)24-22(27)25-11-9-16(10-12-25)20-14-23-21-8-3-2-7-19(20)21/h2-9,13-14,23H,10-12H2,1H3,(H,24,27). The fraction of sp³-hybridized carbons (Fsp3) is 0.182. The first-order valence-electron chi connectivity index (χ1n) is 9.04. The Morgan fingerprint density at radius 2 is 1.96 bits per heavy atom. The van der Waals surface area contributed by atoms with E-state index >= 15 is 0 Å². The van der Waals surface area contributed by atoms with Crippen LogP contribution in [0.2, 0.25) is 0 Å². The van der Waals surface area contributed by atoms with E-state index in [1.807, 2.05) is 18.3 Å². The molecule has 5 nitrogen and oxygen atoms in total. The van der Waals surface area contributed by atoms with Gasteiger partial charge < -0.3 is 15.2 Å². The molecule has 0 radical (unpaired) electrons. The summed E-state index contributed by atoms with van der Waals surface area (Å²) in [5.74, 6) is -0.0182.